The van der Waals surface area contributed by atoms with Gasteiger partial charge in [0.15, 0.2) is 5.13 Å². The van der Waals surface area contributed by atoms with E-state index in [4.69, 9.17) is 9.72 Å². The van der Waals surface area contributed by atoms with Crippen molar-refractivity contribution in [2.75, 3.05) is 32.1 Å². The molecule has 2 fully saturated rings. The molecule has 1 unspecified atom stereocenters. The molecule has 1 aliphatic heterocycles. The molecule has 2 aromatic rings. The molecule has 6 nitrogen and oxygen atoms in total. The minimum absolute atomic E-state index is 0.260. The fraction of sp³-hybridized carbons (Fsp3) is 0.609. The largest absolute Gasteiger partial charge is 0.495 e. The van der Waals surface area contributed by atoms with Crippen molar-refractivity contribution in [1.29, 1.82) is 0 Å². The highest BCUT2D eigenvalue weighted by atomic mass is 32.2. The van der Waals surface area contributed by atoms with Gasteiger partial charge in [0.05, 0.1) is 22.6 Å². The number of piperidine rings is 1. The molecule has 1 aliphatic carbocycles. The first-order valence-corrected chi connectivity index (χ1v) is 13.4. The summed E-state index contributed by atoms with van der Waals surface area (Å²) in [6.07, 6.45) is 8.70. The maximum atomic E-state index is 13.1. The lowest BCUT2D eigenvalue weighted by atomic mass is 9.89. The molecule has 2 aliphatic rings. The van der Waals surface area contributed by atoms with Gasteiger partial charge in [0.1, 0.15) is 16.7 Å². The highest BCUT2D eigenvalue weighted by Gasteiger charge is 2.20. The summed E-state index contributed by atoms with van der Waals surface area (Å²) in [5, 5.41) is 7.89. The summed E-state index contributed by atoms with van der Waals surface area (Å²) in [5.74, 6) is 1.42. The molecule has 0 bridgehead atoms. The lowest BCUT2D eigenvalue weighted by Gasteiger charge is -2.23. The van der Waals surface area contributed by atoms with Crippen molar-refractivity contribution in [3.63, 3.8) is 0 Å². The molecule has 1 aromatic carbocycles. The third kappa shape index (κ3) is 5.86. The Morgan fingerprint density at radius 2 is 1.97 bits per heavy atom. The molecule has 4 rings (SSSR count). The Hall–Kier alpha value is -1.48. The van der Waals surface area contributed by atoms with Gasteiger partial charge < -0.3 is 15.4 Å². The predicted octanol–water partition coefficient (Wildman–Crippen LogP) is 4.48. The van der Waals surface area contributed by atoms with Crippen molar-refractivity contribution in [3.8, 4) is 16.2 Å². The molecule has 0 amide bonds. The first-order valence-electron chi connectivity index (χ1n) is 11.4. The Kier molecular flexibility index (Phi) is 7.98. The monoisotopic (exact) mass is 462 g/mol. The van der Waals surface area contributed by atoms with Gasteiger partial charge in [0.25, 0.3) is 0 Å². The van der Waals surface area contributed by atoms with E-state index >= 15 is 0 Å². The van der Waals surface area contributed by atoms with E-state index in [2.05, 4.69) is 15.4 Å². The summed E-state index contributed by atoms with van der Waals surface area (Å²) in [6, 6.07) is 6.21. The summed E-state index contributed by atoms with van der Waals surface area (Å²) in [7, 11) is 0.313. The van der Waals surface area contributed by atoms with Crippen LogP contribution in [-0.2, 0) is 11.0 Å². The first kappa shape index (κ1) is 22.7. The highest BCUT2D eigenvalue weighted by molar-refractivity contribution is 7.83. The Labute approximate surface area is 192 Å². The van der Waals surface area contributed by atoms with Crippen LogP contribution < -0.4 is 20.1 Å². The zero-order valence-electron chi connectivity index (χ0n) is 18.5. The van der Waals surface area contributed by atoms with E-state index in [0.717, 1.165) is 59.7 Å². The minimum atomic E-state index is -1.32. The number of methoxy groups -OCH3 is 1. The molecule has 8 heteroatoms. The van der Waals surface area contributed by atoms with Crippen LogP contribution in [0.2, 0.25) is 0 Å². The van der Waals surface area contributed by atoms with Gasteiger partial charge in [-0.25, -0.2) is 13.9 Å². The summed E-state index contributed by atoms with van der Waals surface area (Å²) in [6.45, 7) is 4.97. The van der Waals surface area contributed by atoms with E-state index in [1.165, 1.54) is 32.1 Å². The second-order valence-corrected chi connectivity index (χ2v) is 10.8. The zero-order chi connectivity index (χ0) is 21.6. The normalized spacial score (nSPS) is 19.3. The van der Waals surface area contributed by atoms with Gasteiger partial charge in [0, 0.05) is 12.6 Å². The van der Waals surface area contributed by atoms with Crippen LogP contribution in [0.3, 0.4) is 0 Å². The molecule has 2 heterocycles. The van der Waals surface area contributed by atoms with Crippen LogP contribution in [0, 0.1) is 12.8 Å². The van der Waals surface area contributed by atoms with E-state index in [0.29, 0.717) is 10.6 Å². The van der Waals surface area contributed by atoms with Gasteiger partial charge in [-0.05, 0) is 75.4 Å². The van der Waals surface area contributed by atoms with Crippen LogP contribution in [0.1, 0.15) is 50.6 Å². The van der Waals surface area contributed by atoms with E-state index < -0.39 is 11.0 Å². The summed E-state index contributed by atoms with van der Waals surface area (Å²) in [4.78, 5) is 6.58. The van der Waals surface area contributed by atoms with Crippen LogP contribution in [0.15, 0.2) is 23.1 Å². The summed E-state index contributed by atoms with van der Waals surface area (Å²) < 4.78 is 21.9. The number of rotatable bonds is 8. The van der Waals surface area contributed by atoms with Crippen LogP contribution in [0.4, 0.5) is 5.13 Å². The maximum absolute atomic E-state index is 13.1. The number of thiazole rings is 1. The molecular formula is C23H34N4O2S2. The molecule has 1 saturated heterocycles. The third-order valence-corrected chi connectivity index (χ3v) is 8.73. The van der Waals surface area contributed by atoms with Gasteiger partial charge in [-0.15, -0.1) is 0 Å². The molecule has 1 saturated carbocycles. The molecule has 3 N–H and O–H groups in total. The van der Waals surface area contributed by atoms with Crippen molar-refractivity contribution in [3.05, 3.63) is 23.9 Å². The molecule has 1 atom stereocenters. The Bertz CT molecular complexity index is 890. The first-order chi connectivity index (χ1) is 15.1. The number of nitrogens with one attached hydrogen (secondary N) is 3. The van der Waals surface area contributed by atoms with E-state index in [1.54, 1.807) is 18.4 Å². The summed E-state index contributed by atoms with van der Waals surface area (Å²) >= 11 is 1.68. The number of hydrogen-bond acceptors (Lipinski definition) is 6. The minimum Gasteiger partial charge on any atom is -0.495 e. The fourth-order valence-electron chi connectivity index (χ4n) is 4.48. The Morgan fingerprint density at radius 1 is 1.19 bits per heavy atom. The zero-order valence-corrected chi connectivity index (χ0v) is 20.2. The van der Waals surface area contributed by atoms with Gasteiger partial charge in [-0.1, -0.05) is 30.6 Å². The van der Waals surface area contributed by atoms with E-state index in [9.17, 15) is 4.21 Å². The molecule has 0 spiro atoms. The van der Waals surface area contributed by atoms with Crippen molar-refractivity contribution < 1.29 is 8.95 Å². The van der Waals surface area contributed by atoms with E-state index in [-0.39, 0.29) is 6.04 Å². The Morgan fingerprint density at radius 3 is 2.71 bits per heavy atom. The SMILES string of the molecule is COc1ccc(-c2sc(NCC3CCCCC3)nc2C)cc1S(=O)NC1CCNCC1. The van der Waals surface area contributed by atoms with Gasteiger partial charge in [0.2, 0.25) is 0 Å². The number of anilines is 1. The smallest absolute Gasteiger partial charge is 0.183 e. The number of ether oxygens (including phenoxy) is 1. The molecular weight excluding hydrogens is 428 g/mol. The van der Waals surface area contributed by atoms with Gasteiger partial charge in [-0.3, -0.25) is 0 Å². The second-order valence-electron chi connectivity index (χ2n) is 8.59. The number of aryl methyl sites for hydroxylation is 1. The lowest BCUT2D eigenvalue weighted by Crippen LogP contribution is -2.40. The molecule has 1 aromatic heterocycles. The molecule has 170 valence electrons. The van der Waals surface area contributed by atoms with Crippen LogP contribution in [0.5, 0.6) is 5.75 Å². The third-order valence-electron chi connectivity index (χ3n) is 6.30. The van der Waals surface area contributed by atoms with Gasteiger partial charge >= 0.3 is 0 Å². The fourth-order valence-corrected chi connectivity index (χ4v) is 6.68. The average molecular weight is 463 g/mol. The van der Waals surface area contributed by atoms with Crippen LogP contribution >= 0.6 is 11.3 Å². The van der Waals surface area contributed by atoms with Crippen molar-refractivity contribution in [1.82, 2.24) is 15.0 Å². The number of benzene rings is 1. The topological polar surface area (TPSA) is 75.3 Å². The van der Waals surface area contributed by atoms with Crippen molar-refractivity contribution in [2.24, 2.45) is 5.92 Å². The number of nitrogens with zero attached hydrogens (tertiary/aromatic N) is 1. The number of aromatic nitrogens is 1. The van der Waals surface area contributed by atoms with Crippen molar-refractivity contribution >= 4 is 27.5 Å². The standard InChI is InChI=1S/C23H34N4O2S2/c1-16-22(30-23(26-16)25-15-17-6-4-3-5-7-17)18-8-9-20(29-2)21(14-18)31(28)27-19-10-12-24-13-11-19/h8-9,14,17,19,24,27H,3-7,10-13,15H2,1-2H3,(H,25,26). The molecule has 31 heavy (non-hydrogen) atoms. The van der Waals surface area contributed by atoms with E-state index in [1.807, 2.05) is 25.1 Å². The lowest BCUT2D eigenvalue weighted by molar-refractivity contribution is 0.373. The number of hydrogen-bond donors (Lipinski definition) is 3. The van der Waals surface area contributed by atoms with Crippen molar-refractivity contribution in [2.45, 2.75) is 62.8 Å². The summed E-state index contributed by atoms with van der Waals surface area (Å²) in [5.41, 5.74) is 2.04. The quantitative estimate of drug-likeness (QED) is 0.539. The Balaban J connectivity index is 1.49. The molecule has 0 radical (unpaired) electrons. The van der Waals surface area contributed by atoms with Crippen LogP contribution in [-0.4, -0.2) is 42.0 Å². The average Bonchev–Trinajstić information content (AvgIpc) is 3.19. The highest BCUT2D eigenvalue weighted by Crippen LogP contribution is 2.36. The predicted molar refractivity (Wildman–Crippen MR) is 129 cm³/mol. The van der Waals surface area contributed by atoms with Gasteiger partial charge in [-0.2, -0.15) is 0 Å². The van der Waals surface area contributed by atoms with Crippen LogP contribution in [0.25, 0.3) is 10.4 Å². The maximum Gasteiger partial charge on any atom is 0.183 e. The second kappa shape index (κ2) is 10.9.